The number of aromatic nitrogens is 4. The molecule has 0 aromatic carbocycles. The van der Waals surface area contributed by atoms with Gasteiger partial charge in [-0.15, -0.1) is 0 Å². The number of nitrogens with one attached hydrogen (secondary N) is 1. The highest BCUT2D eigenvalue weighted by atomic mass is 16.1. The van der Waals surface area contributed by atoms with Crippen LogP contribution in [0.1, 0.15) is 10.5 Å². The first-order chi connectivity index (χ1) is 10.1. The fourth-order valence-corrected chi connectivity index (χ4v) is 2.03. The molecule has 3 aromatic heterocycles. The van der Waals surface area contributed by atoms with E-state index >= 15 is 0 Å². The van der Waals surface area contributed by atoms with E-state index in [4.69, 9.17) is 0 Å². The van der Waals surface area contributed by atoms with Crippen LogP contribution in [0.4, 0.5) is 0 Å². The SMILES string of the molecule is CNC(=O)c1cn2cc(-c3ccc(=O)n(C)c3)ncc2n1. The predicted molar refractivity (Wildman–Crippen MR) is 77.1 cm³/mol. The number of hydrogen-bond acceptors (Lipinski definition) is 4. The first kappa shape index (κ1) is 13.0. The average molecular weight is 283 g/mol. The predicted octanol–water partition coefficient (Wildman–Crippen LogP) is 0.455. The van der Waals surface area contributed by atoms with Crippen LogP contribution >= 0.6 is 0 Å². The Kier molecular flexibility index (Phi) is 3.02. The summed E-state index contributed by atoms with van der Waals surface area (Å²) < 4.78 is 3.23. The molecule has 0 bridgehead atoms. The van der Waals surface area contributed by atoms with Crippen LogP contribution in [0.25, 0.3) is 16.9 Å². The molecule has 0 atom stereocenters. The largest absolute Gasteiger partial charge is 0.354 e. The molecular formula is C14H13N5O2. The summed E-state index contributed by atoms with van der Waals surface area (Å²) in [5, 5.41) is 2.53. The molecule has 106 valence electrons. The van der Waals surface area contributed by atoms with Gasteiger partial charge in [-0.05, 0) is 6.07 Å². The number of amides is 1. The van der Waals surface area contributed by atoms with Gasteiger partial charge in [-0.3, -0.25) is 14.6 Å². The molecule has 0 aliphatic rings. The van der Waals surface area contributed by atoms with Crippen molar-refractivity contribution in [3.8, 4) is 11.3 Å². The number of carbonyl (C=O) groups is 1. The van der Waals surface area contributed by atoms with Crippen LogP contribution in [-0.2, 0) is 7.05 Å². The Balaban J connectivity index is 2.09. The molecule has 0 spiro atoms. The maximum atomic E-state index is 11.6. The van der Waals surface area contributed by atoms with Crippen LogP contribution in [-0.4, -0.2) is 31.9 Å². The monoisotopic (exact) mass is 283 g/mol. The van der Waals surface area contributed by atoms with E-state index in [1.165, 1.54) is 10.6 Å². The molecular weight excluding hydrogens is 270 g/mol. The second-order valence-electron chi connectivity index (χ2n) is 4.61. The van der Waals surface area contributed by atoms with Crippen molar-refractivity contribution in [3.05, 3.63) is 53.0 Å². The number of pyridine rings is 1. The van der Waals surface area contributed by atoms with Crippen molar-refractivity contribution >= 4 is 11.6 Å². The number of aryl methyl sites for hydroxylation is 1. The summed E-state index contributed by atoms with van der Waals surface area (Å²) in [4.78, 5) is 31.5. The van der Waals surface area contributed by atoms with Gasteiger partial charge in [0.05, 0.1) is 11.9 Å². The molecule has 21 heavy (non-hydrogen) atoms. The lowest BCUT2D eigenvalue weighted by molar-refractivity contribution is 0.0959. The third-order valence-electron chi connectivity index (χ3n) is 3.18. The van der Waals surface area contributed by atoms with Gasteiger partial charge < -0.3 is 14.3 Å². The zero-order valence-corrected chi connectivity index (χ0v) is 11.6. The Hall–Kier alpha value is -2.96. The van der Waals surface area contributed by atoms with E-state index < -0.39 is 0 Å². The Morgan fingerprint density at radius 2 is 2.05 bits per heavy atom. The molecule has 1 N–H and O–H groups in total. The summed E-state index contributed by atoms with van der Waals surface area (Å²) in [5.41, 5.74) is 2.34. The first-order valence-electron chi connectivity index (χ1n) is 6.32. The molecule has 0 unspecified atom stereocenters. The lowest BCUT2D eigenvalue weighted by Crippen LogP contribution is -2.17. The summed E-state index contributed by atoms with van der Waals surface area (Å²) in [6.07, 6.45) is 6.72. The first-order valence-corrected chi connectivity index (χ1v) is 6.32. The molecule has 0 radical (unpaired) electrons. The van der Waals surface area contributed by atoms with Crippen LogP contribution in [0, 0.1) is 0 Å². The van der Waals surface area contributed by atoms with Gasteiger partial charge in [-0.25, -0.2) is 4.98 Å². The van der Waals surface area contributed by atoms with Gasteiger partial charge in [0.2, 0.25) is 5.56 Å². The Morgan fingerprint density at radius 1 is 1.24 bits per heavy atom. The third-order valence-corrected chi connectivity index (χ3v) is 3.18. The molecule has 3 aromatic rings. The van der Waals surface area contributed by atoms with Crippen molar-refractivity contribution in [1.29, 1.82) is 0 Å². The number of carbonyl (C=O) groups excluding carboxylic acids is 1. The van der Waals surface area contributed by atoms with Crippen LogP contribution < -0.4 is 10.9 Å². The maximum Gasteiger partial charge on any atom is 0.271 e. The molecule has 7 nitrogen and oxygen atoms in total. The Bertz CT molecular complexity index is 894. The van der Waals surface area contributed by atoms with E-state index in [1.807, 2.05) is 0 Å². The van der Waals surface area contributed by atoms with Gasteiger partial charge in [0.25, 0.3) is 5.91 Å². The standard InChI is InChI=1S/C14H13N5O2/c1-15-14(21)11-8-19-7-10(16-5-12(19)17-11)9-3-4-13(20)18(2)6-9/h3-8H,1-2H3,(H,15,21). The molecule has 0 saturated carbocycles. The van der Waals surface area contributed by atoms with Crippen LogP contribution in [0.3, 0.4) is 0 Å². The zero-order valence-electron chi connectivity index (χ0n) is 11.6. The second kappa shape index (κ2) is 4.86. The quantitative estimate of drug-likeness (QED) is 0.740. The number of imidazole rings is 1. The van der Waals surface area contributed by atoms with Crippen molar-refractivity contribution in [2.75, 3.05) is 7.05 Å². The molecule has 3 heterocycles. The normalized spacial score (nSPS) is 10.8. The molecule has 0 fully saturated rings. The molecule has 0 aliphatic heterocycles. The highest BCUT2D eigenvalue weighted by Gasteiger charge is 2.10. The zero-order chi connectivity index (χ0) is 15.0. The van der Waals surface area contributed by atoms with E-state index in [-0.39, 0.29) is 11.5 Å². The molecule has 0 aliphatic carbocycles. The Labute approximate surface area is 119 Å². The number of hydrogen-bond donors (Lipinski definition) is 1. The smallest absolute Gasteiger partial charge is 0.271 e. The van der Waals surface area contributed by atoms with E-state index in [2.05, 4.69) is 15.3 Å². The van der Waals surface area contributed by atoms with E-state index in [0.717, 1.165) is 5.56 Å². The van der Waals surface area contributed by atoms with Crippen molar-refractivity contribution in [2.45, 2.75) is 0 Å². The number of rotatable bonds is 2. The number of nitrogens with zero attached hydrogens (tertiary/aromatic N) is 4. The topological polar surface area (TPSA) is 81.3 Å². The highest BCUT2D eigenvalue weighted by molar-refractivity contribution is 5.92. The number of fused-ring (bicyclic) bond motifs is 1. The maximum absolute atomic E-state index is 11.6. The molecule has 3 rings (SSSR count). The van der Waals surface area contributed by atoms with Crippen LogP contribution in [0.15, 0.2) is 41.7 Å². The lowest BCUT2D eigenvalue weighted by atomic mass is 10.2. The summed E-state index contributed by atoms with van der Waals surface area (Å²) in [6.45, 7) is 0. The summed E-state index contributed by atoms with van der Waals surface area (Å²) in [5.74, 6) is -0.248. The summed E-state index contributed by atoms with van der Waals surface area (Å²) >= 11 is 0. The van der Waals surface area contributed by atoms with E-state index in [0.29, 0.717) is 17.0 Å². The minimum absolute atomic E-state index is 0.0793. The van der Waals surface area contributed by atoms with E-state index in [1.54, 1.807) is 49.3 Å². The van der Waals surface area contributed by atoms with Crippen LogP contribution in [0.5, 0.6) is 0 Å². The molecule has 0 saturated heterocycles. The van der Waals surface area contributed by atoms with Crippen molar-refractivity contribution in [2.24, 2.45) is 7.05 Å². The van der Waals surface area contributed by atoms with Crippen LogP contribution in [0.2, 0.25) is 0 Å². The summed E-state index contributed by atoms with van der Waals surface area (Å²) in [6, 6.07) is 3.21. The van der Waals surface area contributed by atoms with Gasteiger partial charge in [0.15, 0.2) is 5.65 Å². The fraction of sp³-hybridized carbons (Fsp3) is 0.143. The van der Waals surface area contributed by atoms with Gasteiger partial charge >= 0.3 is 0 Å². The third kappa shape index (κ3) is 2.29. The molecule has 1 amide bonds. The van der Waals surface area contributed by atoms with Crippen molar-refractivity contribution < 1.29 is 4.79 Å². The molecule has 7 heteroatoms. The Morgan fingerprint density at radius 3 is 2.76 bits per heavy atom. The average Bonchev–Trinajstić information content (AvgIpc) is 2.92. The second-order valence-corrected chi connectivity index (χ2v) is 4.61. The summed E-state index contributed by atoms with van der Waals surface area (Å²) in [7, 11) is 3.24. The van der Waals surface area contributed by atoms with Crippen molar-refractivity contribution in [1.82, 2.24) is 24.3 Å². The van der Waals surface area contributed by atoms with Crippen molar-refractivity contribution in [3.63, 3.8) is 0 Å². The fourth-order valence-electron chi connectivity index (χ4n) is 2.03. The van der Waals surface area contributed by atoms with Gasteiger partial charge in [-0.1, -0.05) is 0 Å². The van der Waals surface area contributed by atoms with Gasteiger partial charge in [-0.2, -0.15) is 0 Å². The van der Waals surface area contributed by atoms with Gasteiger partial charge in [0.1, 0.15) is 5.69 Å². The highest BCUT2D eigenvalue weighted by Crippen LogP contribution is 2.16. The van der Waals surface area contributed by atoms with Gasteiger partial charge in [0, 0.05) is 44.3 Å². The van der Waals surface area contributed by atoms with E-state index in [9.17, 15) is 9.59 Å². The minimum atomic E-state index is -0.248. The lowest BCUT2D eigenvalue weighted by Gasteiger charge is -2.03. The minimum Gasteiger partial charge on any atom is -0.354 e.